The third kappa shape index (κ3) is 3.01. The third-order valence-electron chi connectivity index (χ3n) is 4.35. The Bertz CT molecular complexity index is 668. The summed E-state index contributed by atoms with van der Waals surface area (Å²) in [6.07, 6.45) is 5.30. The molecule has 6 nitrogen and oxygen atoms in total. The zero-order valence-corrected chi connectivity index (χ0v) is 13.9. The van der Waals surface area contributed by atoms with Crippen LogP contribution >= 0.6 is 11.3 Å². The number of likely N-dealkylation sites (tertiary alicyclic amines) is 1. The van der Waals surface area contributed by atoms with E-state index < -0.39 is 5.54 Å². The van der Waals surface area contributed by atoms with E-state index in [1.807, 2.05) is 16.8 Å². The predicted octanol–water partition coefficient (Wildman–Crippen LogP) is 1.25. The largest absolute Gasteiger partial charge is 0.357 e. The maximum Gasteiger partial charge on any atom is 0.249 e. The van der Waals surface area contributed by atoms with E-state index in [0.717, 1.165) is 12.0 Å². The van der Waals surface area contributed by atoms with Crippen molar-refractivity contribution in [2.45, 2.75) is 24.8 Å². The van der Waals surface area contributed by atoms with Gasteiger partial charge in [-0.25, -0.2) is 0 Å². The monoisotopic (exact) mass is 332 g/mol. The lowest BCUT2D eigenvalue weighted by atomic mass is 9.87. The smallest absolute Gasteiger partial charge is 0.249 e. The summed E-state index contributed by atoms with van der Waals surface area (Å²) in [7, 11) is 1.62. The minimum atomic E-state index is -0.819. The summed E-state index contributed by atoms with van der Waals surface area (Å²) < 4.78 is 1.69. The molecule has 1 atom stereocenters. The molecule has 0 bridgehead atoms. The predicted molar refractivity (Wildman–Crippen MR) is 88.1 cm³/mol. The average Bonchev–Trinajstić information content (AvgIpc) is 3.27. The van der Waals surface area contributed by atoms with Gasteiger partial charge in [-0.15, -0.1) is 0 Å². The van der Waals surface area contributed by atoms with Crippen LogP contribution < -0.4 is 5.32 Å². The fourth-order valence-electron chi connectivity index (χ4n) is 3.16. The maximum atomic E-state index is 12.6. The molecule has 0 aromatic carbocycles. The number of piperidine rings is 1. The van der Waals surface area contributed by atoms with Crippen molar-refractivity contribution in [2.75, 3.05) is 20.1 Å². The van der Waals surface area contributed by atoms with Crippen molar-refractivity contribution in [1.29, 1.82) is 0 Å². The van der Waals surface area contributed by atoms with Gasteiger partial charge in [-0.05, 0) is 41.3 Å². The molecule has 0 radical (unpaired) electrons. The Balaban J connectivity index is 1.82. The van der Waals surface area contributed by atoms with Gasteiger partial charge in [-0.1, -0.05) is 0 Å². The lowest BCUT2D eigenvalue weighted by Gasteiger charge is -2.41. The Hall–Kier alpha value is -2.15. The molecule has 1 unspecified atom stereocenters. The van der Waals surface area contributed by atoms with Crippen LogP contribution in [0.2, 0.25) is 0 Å². The lowest BCUT2D eigenvalue weighted by molar-refractivity contribution is -0.140. The van der Waals surface area contributed by atoms with Crippen LogP contribution in [-0.2, 0) is 21.5 Å². The lowest BCUT2D eigenvalue weighted by Crippen LogP contribution is -2.59. The first-order chi connectivity index (χ1) is 11.2. The topological polar surface area (TPSA) is 67.2 Å². The van der Waals surface area contributed by atoms with Crippen LogP contribution in [0.25, 0.3) is 0 Å². The van der Waals surface area contributed by atoms with Crippen LogP contribution in [0.1, 0.15) is 18.4 Å². The maximum absolute atomic E-state index is 12.6. The Morgan fingerprint density at radius 2 is 2.35 bits per heavy atom. The van der Waals surface area contributed by atoms with Gasteiger partial charge < -0.3 is 10.2 Å². The highest BCUT2D eigenvalue weighted by molar-refractivity contribution is 7.08. The third-order valence-corrected chi connectivity index (χ3v) is 5.08. The van der Waals surface area contributed by atoms with Crippen LogP contribution in [0.3, 0.4) is 0 Å². The van der Waals surface area contributed by atoms with Crippen LogP contribution in [-0.4, -0.2) is 46.6 Å². The molecule has 3 rings (SSSR count). The van der Waals surface area contributed by atoms with E-state index in [-0.39, 0.29) is 11.8 Å². The van der Waals surface area contributed by atoms with Gasteiger partial charge in [0.15, 0.2) is 5.54 Å². The van der Waals surface area contributed by atoms with E-state index >= 15 is 0 Å². The second-order valence-electron chi connectivity index (χ2n) is 5.79. The zero-order valence-electron chi connectivity index (χ0n) is 13.1. The molecule has 23 heavy (non-hydrogen) atoms. The summed E-state index contributed by atoms with van der Waals surface area (Å²) in [5.74, 6) is -0.0437. The Kier molecular flexibility index (Phi) is 4.47. The van der Waals surface area contributed by atoms with E-state index in [4.69, 9.17) is 0 Å². The van der Waals surface area contributed by atoms with Crippen LogP contribution in [0, 0.1) is 0 Å². The van der Waals surface area contributed by atoms with Crippen molar-refractivity contribution in [3.63, 3.8) is 0 Å². The average molecular weight is 332 g/mol. The van der Waals surface area contributed by atoms with Gasteiger partial charge in [0.1, 0.15) is 0 Å². The van der Waals surface area contributed by atoms with E-state index in [1.165, 1.54) is 0 Å². The van der Waals surface area contributed by atoms with Gasteiger partial charge in [0.05, 0.1) is 13.0 Å². The molecular formula is C16H20N4O2S. The second-order valence-corrected chi connectivity index (χ2v) is 6.57. The molecule has 7 heteroatoms. The minimum Gasteiger partial charge on any atom is -0.357 e. The molecule has 1 aliphatic rings. The Morgan fingerprint density at radius 1 is 1.48 bits per heavy atom. The van der Waals surface area contributed by atoms with Crippen LogP contribution in [0.15, 0.2) is 35.3 Å². The molecule has 2 aromatic heterocycles. The number of hydrogen-bond acceptors (Lipinski definition) is 4. The van der Waals surface area contributed by atoms with Crippen molar-refractivity contribution >= 4 is 23.2 Å². The minimum absolute atomic E-state index is 0.0588. The van der Waals surface area contributed by atoms with Crippen molar-refractivity contribution in [1.82, 2.24) is 20.0 Å². The molecule has 2 amide bonds. The number of nitrogens with one attached hydrogen (secondary N) is 1. The fraction of sp³-hybridized carbons (Fsp3) is 0.438. The van der Waals surface area contributed by atoms with E-state index in [9.17, 15) is 9.59 Å². The Labute approximate surface area is 139 Å². The van der Waals surface area contributed by atoms with Crippen molar-refractivity contribution in [3.8, 4) is 0 Å². The summed E-state index contributed by atoms with van der Waals surface area (Å²) in [4.78, 5) is 27.0. The number of aromatic nitrogens is 2. The van der Waals surface area contributed by atoms with Crippen molar-refractivity contribution in [2.24, 2.45) is 0 Å². The number of likely N-dealkylation sites (N-methyl/N-ethyl adjacent to an activating group) is 1. The quantitative estimate of drug-likeness (QED) is 0.916. The molecule has 1 N–H and O–H groups in total. The molecule has 2 aromatic rings. The molecule has 0 spiro atoms. The summed E-state index contributed by atoms with van der Waals surface area (Å²) in [5, 5.41) is 11.0. The molecule has 0 saturated carbocycles. The second kappa shape index (κ2) is 6.54. The molecule has 1 saturated heterocycles. The van der Waals surface area contributed by atoms with Crippen molar-refractivity contribution < 1.29 is 9.59 Å². The van der Waals surface area contributed by atoms with Gasteiger partial charge in [0, 0.05) is 26.0 Å². The number of amides is 2. The van der Waals surface area contributed by atoms with E-state index in [2.05, 4.69) is 10.4 Å². The molecule has 1 aliphatic heterocycles. The van der Waals surface area contributed by atoms with Crippen molar-refractivity contribution in [3.05, 3.63) is 40.8 Å². The normalized spacial score (nSPS) is 21.2. The van der Waals surface area contributed by atoms with E-state index in [1.54, 1.807) is 46.4 Å². The summed E-state index contributed by atoms with van der Waals surface area (Å²) in [5.41, 5.74) is 0.205. The van der Waals surface area contributed by atoms with Gasteiger partial charge in [-0.3, -0.25) is 14.3 Å². The number of rotatable bonds is 4. The molecule has 0 aliphatic carbocycles. The first-order valence-corrected chi connectivity index (χ1v) is 8.61. The molecular weight excluding hydrogens is 312 g/mol. The highest BCUT2D eigenvalue weighted by atomic mass is 32.1. The number of carbonyl (C=O) groups excluding carboxylic acids is 2. The first kappa shape index (κ1) is 15.7. The molecule has 122 valence electrons. The fourth-order valence-corrected chi connectivity index (χ4v) is 3.83. The van der Waals surface area contributed by atoms with Gasteiger partial charge in [-0.2, -0.15) is 16.4 Å². The van der Waals surface area contributed by atoms with E-state index in [0.29, 0.717) is 25.9 Å². The number of thiophene rings is 1. The van der Waals surface area contributed by atoms with Crippen LogP contribution in [0.4, 0.5) is 0 Å². The number of hydrogen-bond donors (Lipinski definition) is 1. The number of nitrogens with zero attached hydrogens (tertiary/aromatic N) is 3. The first-order valence-electron chi connectivity index (χ1n) is 7.67. The Morgan fingerprint density at radius 3 is 3.00 bits per heavy atom. The summed E-state index contributed by atoms with van der Waals surface area (Å²) in [6.45, 7) is 1.04. The zero-order chi connectivity index (χ0) is 16.3. The standard InChI is InChI=1S/C16H20N4O2S/c1-17-15(22)16(20-8-3-6-18-20)5-2-7-19(12-16)14(21)10-13-4-9-23-11-13/h3-4,6,8-9,11H,2,5,7,10,12H2,1H3,(H,17,22). The summed E-state index contributed by atoms with van der Waals surface area (Å²) in [6, 6.07) is 3.77. The summed E-state index contributed by atoms with van der Waals surface area (Å²) >= 11 is 1.59. The van der Waals surface area contributed by atoms with Gasteiger partial charge in [0.2, 0.25) is 11.8 Å². The van der Waals surface area contributed by atoms with Gasteiger partial charge in [0.25, 0.3) is 0 Å². The highest BCUT2D eigenvalue weighted by Gasteiger charge is 2.45. The van der Waals surface area contributed by atoms with Crippen LogP contribution in [0.5, 0.6) is 0 Å². The highest BCUT2D eigenvalue weighted by Crippen LogP contribution is 2.29. The molecule has 3 heterocycles. The number of carbonyl (C=O) groups is 2. The molecule has 1 fully saturated rings. The van der Waals surface area contributed by atoms with Gasteiger partial charge >= 0.3 is 0 Å². The SMILES string of the molecule is CNC(=O)C1(n2cccn2)CCCN(C(=O)Cc2ccsc2)C1.